The van der Waals surface area contributed by atoms with E-state index in [0.29, 0.717) is 44.6 Å². The van der Waals surface area contributed by atoms with E-state index in [-0.39, 0.29) is 43.1 Å². The highest BCUT2D eigenvalue weighted by Crippen LogP contribution is 2.25. The zero-order chi connectivity index (χ0) is 23.8. The average Bonchev–Trinajstić information content (AvgIpc) is 3.33. The monoisotopic (exact) mass is 459 g/mol. The van der Waals surface area contributed by atoms with Crippen molar-refractivity contribution >= 4 is 29.4 Å². The van der Waals surface area contributed by atoms with E-state index in [0.717, 1.165) is 12.2 Å². The Morgan fingerprint density at radius 3 is 2.33 bits per heavy atom. The summed E-state index contributed by atoms with van der Waals surface area (Å²) < 4.78 is 10.0. The van der Waals surface area contributed by atoms with Crippen LogP contribution < -0.4 is 10.1 Å². The van der Waals surface area contributed by atoms with Crippen molar-refractivity contribution in [1.29, 1.82) is 0 Å². The summed E-state index contributed by atoms with van der Waals surface area (Å²) in [6, 6.07) is 6.69. The van der Waals surface area contributed by atoms with Crippen molar-refractivity contribution in [2.45, 2.75) is 51.5 Å². The molecule has 0 bridgehead atoms. The van der Waals surface area contributed by atoms with E-state index in [1.807, 2.05) is 0 Å². The number of piperidine rings is 1. The lowest BCUT2D eigenvalue weighted by Gasteiger charge is -2.35. The van der Waals surface area contributed by atoms with Crippen molar-refractivity contribution in [3.05, 3.63) is 24.3 Å². The topological polar surface area (TPSA) is 105 Å². The summed E-state index contributed by atoms with van der Waals surface area (Å²) in [5.74, 6) is -0.146. The van der Waals surface area contributed by atoms with Crippen LogP contribution in [0.4, 0.5) is 5.69 Å². The molecular weight excluding hydrogens is 426 g/mol. The SMILES string of the molecule is CCOC(=O)CCC(=O)N1CCC[C@H]1C(=O)N1CCC(C(=O)Nc2ccc(OC)cc2)CC1. The molecule has 2 aliphatic rings. The number of carbonyl (C=O) groups excluding carboxylic acids is 4. The van der Waals surface area contributed by atoms with E-state index >= 15 is 0 Å². The second-order valence-electron chi connectivity index (χ2n) is 8.37. The molecule has 3 rings (SSSR count). The van der Waals surface area contributed by atoms with Gasteiger partial charge in [-0.3, -0.25) is 19.2 Å². The normalized spacial score (nSPS) is 18.7. The van der Waals surface area contributed by atoms with Crippen LogP contribution in [0.2, 0.25) is 0 Å². The van der Waals surface area contributed by atoms with Gasteiger partial charge in [0, 0.05) is 37.7 Å². The van der Waals surface area contributed by atoms with Crippen molar-refractivity contribution in [3.63, 3.8) is 0 Å². The molecule has 1 atom stereocenters. The standard InChI is InChI=1S/C24H33N3O6/c1-3-33-22(29)11-10-21(28)27-14-4-5-20(27)24(31)26-15-12-17(13-16-26)23(30)25-18-6-8-19(32-2)9-7-18/h6-9,17,20H,3-5,10-16H2,1-2H3,(H,25,30)/t20-/m0/s1. The van der Waals surface area contributed by atoms with Crippen LogP contribution in [-0.2, 0) is 23.9 Å². The second kappa shape index (κ2) is 11.7. The van der Waals surface area contributed by atoms with Crippen LogP contribution in [0.15, 0.2) is 24.3 Å². The number of hydrogen-bond acceptors (Lipinski definition) is 6. The van der Waals surface area contributed by atoms with Gasteiger partial charge in [0.15, 0.2) is 0 Å². The molecular formula is C24H33N3O6. The second-order valence-corrected chi connectivity index (χ2v) is 8.37. The number of carbonyl (C=O) groups is 4. The van der Waals surface area contributed by atoms with Gasteiger partial charge in [-0.1, -0.05) is 0 Å². The third kappa shape index (κ3) is 6.46. The van der Waals surface area contributed by atoms with E-state index < -0.39 is 12.0 Å². The molecule has 0 aromatic heterocycles. The number of benzene rings is 1. The summed E-state index contributed by atoms with van der Waals surface area (Å²) in [5, 5.41) is 2.93. The Balaban J connectivity index is 1.48. The lowest BCUT2D eigenvalue weighted by atomic mass is 9.95. The zero-order valence-corrected chi connectivity index (χ0v) is 19.4. The van der Waals surface area contributed by atoms with Gasteiger partial charge in [-0.25, -0.2) is 0 Å². The molecule has 2 fully saturated rings. The molecule has 0 saturated carbocycles. The highest BCUT2D eigenvalue weighted by atomic mass is 16.5. The molecule has 0 unspecified atom stereocenters. The lowest BCUT2D eigenvalue weighted by molar-refractivity contribution is -0.148. The van der Waals surface area contributed by atoms with Crippen molar-refractivity contribution in [3.8, 4) is 5.75 Å². The predicted molar refractivity (Wildman–Crippen MR) is 122 cm³/mol. The van der Waals surface area contributed by atoms with Gasteiger partial charge in [0.25, 0.3) is 0 Å². The lowest BCUT2D eigenvalue weighted by Crippen LogP contribution is -2.50. The first kappa shape index (κ1) is 24.5. The van der Waals surface area contributed by atoms with E-state index in [2.05, 4.69) is 5.32 Å². The third-order valence-corrected chi connectivity index (χ3v) is 6.24. The number of methoxy groups -OCH3 is 1. The molecule has 180 valence electrons. The molecule has 2 saturated heterocycles. The van der Waals surface area contributed by atoms with Crippen molar-refractivity contribution in [2.75, 3.05) is 38.7 Å². The third-order valence-electron chi connectivity index (χ3n) is 6.24. The molecule has 9 nitrogen and oxygen atoms in total. The molecule has 0 spiro atoms. The molecule has 3 amide bonds. The molecule has 0 radical (unpaired) electrons. The van der Waals surface area contributed by atoms with Gasteiger partial charge in [0.05, 0.1) is 20.1 Å². The number of nitrogens with zero attached hydrogens (tertiary/aromatic N) is 2. The van der Waals surface area contributed by atoms with E-state index in [9.17, 15) is 19.2 Å². The number of likely N-dealkylation sites (tertiary alicyclic amines) is 2. The highest BCUT2D eigenvalue weighted by Gasteiger charge is 2.38. The van der Waals surface area contributed by atoms with Crippen LogP contribution >= 0.6 is 0 Å². The molecule has 2 aliphatic heterocycles. The van der Waals surface area contributed by atoms with Gasteiger partial charge in [-0.05, 0) is 56.9 Å². The minimum Gasteiger partial charge on any atom is -0.497 e. The van der Waals surface area contributed by atoms with Gasteiger partial charge in [0.1, 0.15) is 11.8 Å². The van der Waals surface area contributed by atoms with Crippen molar-refractivity contribution in [2.24, 2.45) is 5.92 Å². The first-order valence-electron chi connectivity index (χ1n) is 11.6. The van der Waals surface area contributed by atoms with Gasteiger partial charge >= 0.3 is 5.97 Å². The van der Waals surface area contributed by atoms with E-state index in [1.165, 1.54) is 0 Å². The fourth-order valence-corrected chi connectivity index (χ4v) is 4.40. The van der Waals surface area contributed by atoms with Crippen LogP contribution in [0.1, 0.15) is 45.4 Å². The molecule has 1 N–H and O–H groups in total. The van der Waals surface area contributed by atoms with Gasteiger partial charge in [-0.2, -0.15) is 0 Å². The molecule has 9 heteroatoms. The first-order chi connectivity index (χ1) is 15.9. The molecule has 0 aliphatic carbocycles. The summed E-state index contributed by atoms with van der Waals surface area (Å²) in [4.78, 5) is 53.3. The highest BCUT2D eigenvalue weighted by molar-refractivity contribution is 5.93. The number of hydrogen-bond donors (Lipinski definition) is 1. The quantitative estimate of drug-likeness (QED) is 0.598. The van der Waals surface area contributed by atoms with Gasteiger partial charge < -0.3 is 24.6 Å². The number of rotatable bonds is 8. The van der Waals surface area contributed by atoms with E-state index in [4.69, 9.17) is 9.47 Å². The van der Waals surface area contributed by atoms with Crippen LogP contribution in [-0.4, -0.2) is 72.9 Å². The van der Waals surface area contributed by atoms with E-state index in [1.54, 1.807) is 48.1 Å². The van der Waals surface area contributed by atoms with Crippen LogP contribution in [0, 0.1) is 5.92 Å². The minimum atomic E-state index is -0.482. The molecule has 33 heavy (non-hydrogen) atoms. The smallest absolute Gasteiger partial charge is 0.306 e. The van der Waals surface area contributed by atoms with Gasteiger partial charge in [0.2, 0.25) is 17.7 Å². The summed E-state index contributed by atoms with van der Waals surface area (Å²) >= 11 is 0. The Hall–Kier alpha value is -3.10. The van der Waals surface area contributed by atoms with Crippen molar-refractivity contribution < 1.29 is 28.7 Å². The molecule has 1 aromatic carbocycles. The van der Waals surface area contributed by atoms with Crippen molar-refractivity contribution in [1.82, 2.24) is 9.80 Å². The maximum absolute atomic E-state index is 13.1. The number of anilines is 1. The summed E-state index contributed by atoms with van der Waals surface area (Å²) in [6.07, 6.45) is 2.63. The first-order valence-corrected chi connectivity index (χ1v) is 11.6. The van der Waals surface area contributed by atoms with Crippen LogP contribution in [0.5, 0.6) is 5.75 Å². The average molecular weight is 460 g/mol. The number of amides is 3. The Morgan fingerprint density at radius 1 is 1.00 bits per heavy atom. The zero-order valence-electron chi connectivity index (χ0n) is 19.4. The fourth-order valence-electron chi connectivity index (χ4n) is 4.40. The predicted octanol–water partition coefficient (Wildman–Crippen LogP) is 2.21. The number of esters is 1. The van der Waals surface area contributed by atoms with Crippen LogP contribution in [0.3, 0.4) is 0 Å². The van der Waals surface area contributed by atoms with Gasteiger partial charge in [-0.15, -0.1) is 0 Å². The Morgan fingerprint density at radius 2 is 1.70 bits per heavy atom. The summed E-state index contributed by atoms with van der Waals surface area (Å²) in [7, 11) is 1.59. The largest absolute Gasteiger partial charge is 0.497 e. The minimum absolute atomic E-state index is 0.0266. The maximum atomic E-state index is 13.1. The Kier molecular flexibility index (Phi) is 8.68. The summed E-state index contributed by atoms with van der Waals surface area (Å²) in [5.41, 5.74) is 0.710. The molecule has 1 aromatic rings. The Bertz CT molecular complexity index is 848. The molecule has 2 heterocycles. The Labute approximate surface area is 194 Å². The fraction of sp³-hybridized carbons (Fsp3) is 0.583. The summed E-state index contributed by atoms with van der Waals surface area (Å²) in [6.45, 7) is 3.51. The number of ether oxygens (including phenoxy) is 2. The number of nitrogens with one attached hydrogen (secondary N) is 1. The maximum Gasteiger partial charge on any atom is 0.306 e. The van der Waals surface area contributed by atoms with Crippen LogP contribution in [0.25, 0.3) is 0 Å².